The quantitative estimate of drug-likeness (QED) is 0.848. The van der Waals surface area contributed by atoms with Crippen LogP contribution in [0.2, 0.25) is 0 Å². The predicted octanol–water partition coefficient (Wildman–Crippen LogP) is 2.08. The van der Waals surface area contributed by atoms with Crippen LogP contribution in [-0.4, -0.2) is 37.6 Å². The van der Waals surface area contributed by atoms with Crippen LogP contribution in [0.1, 0.15) is 28.8 Å². The molecule has 1 amide bonds. The third-order valence-corrected chi connectivity index (χ3v) is 3.69. The Kier molecular flexibility index (Phi) is 4.43. The minimum atomic E-state index is -0.00762. The van der Waals surface area contributed by atoms with E-state index in [0.29, 0.717) is 17.2 Å². The lowest BCUT2D eigenvalue weighted by Gasteiger charge is -2.27. The van der Waals surface area contributed by atoms with E-state index in [1.54, 1.807) is 11.0 Å². The van der Waals surface area contributed by atoms with E-state index in [1.807, 2.05) is 26.1 Å². The summed E-state index contributed by atoms with van der Waals surface area (Å²) in [5, 5.41) is 0. The van der Waals surface area contributed by atoms with Crippen LogP contribution < -0.4 is 5.73 Å². The molecule has 104 valence electrons. The summed E-state index contributed by atoms with van der Waals surface area (Å²) in [6.45, 7) is 4.24. The zero-order valence-corrected chi connectivity index (χ0v) is 11.7. The summed E-state index contributed by atoms with van der Waals surface area (Å²) in [4.78, 5) is 14.2. The van der Waals surface area contributed by atoms with Crippen LogP contribution in [0, 0.1) is 12.8 Å². The number of hydrogen-bond acceptors (Lipinski definition) is 3. The van der Waals surface area contributed by atoms with Crippen LogP contribution in [0.5, 0.6) is 0 Å². The zero-order valence-electron chi connectivity index (χ0n) is 11.7. The topological polar surface area (TPSA) is 55.6 Å². The maximum atomic E-state index is 12.4. The molecule has 2 N–H and O–H groups in total. The van der Waals surface area contributed by atoms with Gasteiger partial charge in [-0.2, -0.15) is 0 Å². The fourth-order valence-corrected chi connectivity index (χ4v) is 2.49. The summed E-state index contributed by atoms with van der Waals surface area (Å²) in [7, 11) is 1.83. The molecule has 4 nitrogen and oxygen atoms in total. The van der Waals surface area contributed by atoms with Gasteiger partial charge in [0.25, 0.3) is 5.91 Å². The summed E-state index contributed by atoms with van der Waals surface area (Å²) in [6.07, 6.45) is 2.21. The third-order valence-electron chi connectivity index (χ3n) is 3.69. The number of nitrogen functional groups attached to an aromatic ring is 1. The van der Waals surface area contributed by atoms with Crippen molar-refractivity contribution in [2.75, 3.05) is 32.5 Å². The molecular weight excluding hydrogens is 240 g/mol. The Hall–Kier alpha value is -1.55. The van der Waals surface area contributed by atoms with Crippen LogP contribution in [0.15, 0.2) is 18.2 Å². The molecule has 1 aromatic rings. The van der Waals surface area contributed by atoms with E-state index >= 15 is 0 Å². The van der Waals surface area contributed by atoms with E-state index in [2.05, 4.69) is 0 Å². The van der Waals surface area contributed by atoms with Gasteiger partial charge in [-0.05, 0) is 37.3 Å². The molecule has 1 unspecified atom stereocenters. The van der Waals surface area contributed by atoms with E-state index in [0.717, 1.165) is 38.2 Å². The molecule has 0 bridgehead atoms. The number of ether oxygens (including phenoxy) is 1. The lowest BCUT2D eigenvalue weighted by molar-refractivity contribution is 0.0389. The Labute approximate surface area is 114 Å². The van der Waals surface area contributed by atoms with Gasteiger partial charge in [0.2, 0.25) is 0 Å². The lowest BCUT2D eigenvalue weighted by atomic mass is 10.0. The summed E-state index contributed by atoms with van der Waals surface area (Å²) < 4.78 is 5.45. The van der Waals surface area contributed by atoms with Gasteiger partial charge in [-0.15, -0.1) is 0 Å². The van der Waals surface area contributed by atoms with Gasteiger partial charge < -0.3 is 15.4 Å². The van der Waals surface area contributed by atoms with Gasteiger partial charge in [0.15, 0.2) is 0 Å². The van der Waals surface area contributed by atoms with E-state index in [9.17, 15) is 4.79 Å². The van der Waals surface area contributed by atoms with Crippen molar-refractivity contribution in [2.24, 2.45) is 5.92 Å². The second kappa shape index (κ2) is 6.06. The number of aryl methyl sites for hydroxylation is 1. The van der Waals surface area contributed by atoms with Crippen molar-refractivity contribution >= 4 is 11.6 Å². The Morgan fingerprint density at radius 1 is 1.53 bits per heavy atom. The average Bonchev–Trinajstić information content (AvgIpc) is 2.42. The minimum Gasteiger partial charge on any atom is -0.398 e. The highest BCUT2D eigenvalue weighted by molar-refractivity contribution is 5.99. The van der Waals surface area contributed by atoms with Gasteiger partial charge in [0.05, 0.1) is 12.2 Å². The number of anilines is 1. The summed E-state index contributed by atoms with van der Waals surface area (Å²) in [5.41, 5.74) is 8.11. The number of nitrogens with two attached hydrogens (primary N) is 1. The highest BCUT2D eigenvalue weighted by atomic mass is 16.5. The first kappa shape index (κ1) is 13.9. The second-order valence-corrected chi connectivity index (χ2v) is 5.30. The Bertz CT molecular complexity index is 453. The highest BCUT2D eigenvalue weighted by Gasteiger charge is 2.21. The van der Waals surface area contributed by atoms with Crippen LogP contribution in [0.4, 0.5) is 5.69 Å². The molecule has 1 saturated heterocycles. The largest absolute Gasteiger partial charge is 0.398 e. The van der Waals surface area contributed by atoms with Gasteiger partial charge in [-0.1, -0.05) is 12.1 Å². The molecular formula is C15H22N2O2. The van der Waals surface area contributed by atoms with E-state index in [4.69, 9.17) is 10.5 Å². The molecule has 4 heteroatoms. The number of nitrogens with zero attached hydrogens (tertiary/aromatic N) is 1. The first-order chi connectivity index (χ1) is 9.09. The van der Waals surface area contributed by atoms with Gasteiger partial charge in [-0.3, -0.25) is 4.79 Å². The molecule has 1 aliphatic rings. The van der Waals surface area contributed by atoms with Gasteiger partial charge in [0, 0.05) is 25.9 Å². The van der Waals surface area contributed by atoms with Crippen molar-refractivity contribution in [3.8, 4) is 0 Å². The van der Waals surface area contributed by atoms with Crippen LogP contribution in [-0.2, 0) is 4.74 Å². The number of carbonyl (C=O) groups excluding carboxylic acids is 1. The third kappa shape index (κ3) is 3.26. The average molecular weight is 262 g/mol. The van der Waals surface area contributed by atoms with E-state index in [-0.39, 0.29) is 5.91 Å². The number of benzene rings is 1. The second-order valence-electron chi connectivity index (χ2n) is 5.30. The van der Waals surface area contributed by atoms with Crippen molar-refractivity contribution in [2.45, 2.75) is 19.8 Å². The van der Waals surface area contributed by atoms with Gasteiger partial charge in [-0.25, -0.2) is 0 Å². The van der Waals surface area contributed by atoms with Crippen molar-refractivity contribution in [1.82, 2.24) is 4.90 Å². The SMILES string of the molecule is Cc1cccc(C(=O)N(C)CC2CCCOC2)c1N. The zero-order chi connectivity index (χ0) is 13.8. The first-order valence-corrected chi connectivity index (χ1v) is 6.78. The first-order valence-electron chi connectivity index (χ1n) is 6.78. The fourth-order valence-electron chi connectivity index (χ4n) is 2.49. The standard InChI is InChI=1S/C15H22N2O2/c1-11-5-3-7-13(14(11)16)15(18)17(2)9-12-6-4-8-19-10-12/h3,5,7,12H,4,6,8-10,16H2,1-2H3. The molecule has 2 rings (SSSR count). The number of hydrogen-bond donors (Lipinski definition) is 1. The maximum absolute atomic E-state index is 12.4. The number of para-hydroxylation sites is 1. The summed E-state index contributed by atoms with van der Waals surface area (Å²) in [5.74, 6) is 0.431. The number of rotatable bonds is 3. The molecule has 0 saturated carbocycles. The molecule has 1 aromatic carbocycles. The monoisotopic (exact) mass is 262 g/mol. The normalized spacial score (nSPS) is 19.2. The van der Waals surface area contributed by atoms with Crippen LogP contribution in [0.25, 0.3) is 0 Å². The highest BCUT2D eigenvalue weighted by Crippen LogP contribution is 2.20. The fraction of sp³-hybridized carbons (Fsp3) is 0.533. The Balaban J connectivity index is 2.03. The van der Waals surface area contributed by atoms with Crippen molar-refractivity contribution in [3.63, 3.8) is 0 Å². The number of carbonyl (C=O) groups is 1. The molecule has 1 fully saturated rings. The van der Waals surface area contributed by atoms with E-state index < -0.39 is 0 Å². The van der Waals surface area contributed by atoms with Crippen molar-refractivity contribution in [3.05, 3.63) is 29.3 Å². The molecule has 1 heterocycles. The molecule has 1 aliphatic heterocycles. The number of amides is 1. The molecule has 1 atom stereocenters. The molecule has 0 aromatic heterocycles. The maximum Gasteiger partial charge on any atom is 0.255 e. The molecule has 0 radical (unpaired) electrons. The molecule has 0 aliphatic carbocycles. The smallest absolute Gasteiger partial charge is 0.255 e. The van der Waals surface area contributed by atoms with E-state index in [1.165, 1.54) is 0 Å². The summed E-state index contributed by atoms with van der Waals surface area (Å²) in [6, 6.07) is 5.58. The minimum absolute atomic E-state index is 0.00762. The predicted molar refractivity (Wildman–Crippen MR) is 76.1 cm³/mol. The van der Waals surface area contributed by atoms with Crippen molar-refractivity contribution in [1.29, 1.82) is 0 Å². The van der Waals surface area contributed by atoms with Gasteiger partial charge >= 0.3 is 0 Å². The van der Waals surface area contributed by atoms with Crippen LogP contribution >= 0.6 is 0 Å². The lowest BCUT2D eigenvalue weighted by Crippen LogP contribution is -2.35. The van der Waals surface area contributed by atoms with Gasteiger partial charge in [0.1, 0.15) is 0 Å². The molecule has 0 spiro atoms. The van der Waals surface area contributed by atoms with Crippen LogP contribution in [0.3, 0.4) is 0 Å². The van der Waals surface area contributed by atoms with Crippen molar-refractivity contribution < 1.29 is 9.53 Å². The molecule has 19 heavy (non-hydrogen) atoms. The summed E-state index contributed by atoms with van der Waals surface area (Å²) >= 11 is 0. The Morgan fingerprint density at radius 2 is 2.32 bits per heavy atom. The Morgan fingerprint density at radius 3 is 3.00 bits per heavy atom.